The first-order chi connectivity index (χ1) is 31.1. The van der Waals surface area contributed by atoms with Crippen LogP contribution in [0.3, 0.4) is 0 Å². The number of carbonyl (C=O) groups is 7. The highest BCUT2D eigenvalue weighted by molar-refractivity contribution is 5.90. The van der Waals surface area contributed by atoms with Crippen molar-refractivity contribution >= 4 is 41.5 Å². The van der Waals surface area contributed by atoms with Crippen molar-refractivity contribution in [2.24, 2.45) is 23.7 Å². The Morgan fingerprint density at radius 2 is 1.42 bits per heavy atom. The Labute approximate surface area is 393 Å². The maximum Gasteiger partial charge on any atom is 0.329 e. The van der Waals surface area contributed by atoms with Crippen LogP contribution in [0, 0.1) is 23.7 Å². The van der Waals surface area contributed by atoms with Gasteiger partial charge in [-0.3, -0.25) is 38.6 Å². The van der Waals surface area contributed by atoms with Crippen molar-refractivity contribution in [2.45, 2.75) is 137 Å². The third-order valence-corrected chi connectivity index (χ3v) is 12.2. The van der Waals surface area contributed by atoms with Gasteiger partial charge in [0.05, 0.1) is 55.8 Å². The molecule has 1 aliphatic heterocycles. The van der Waals surface area contributed by atoms with Gasteiger partial charge in [0.2, 0.25) is 23.6 Å². The van der Waals surface area contributed by atoms with Gasteiger partial charge in [0.15, 0.2) is 0 Å². The van der Waals surface area contributed by atoms with E-state index in [0.717, 1.165) is 10.5 Å². The number of nitrogens with zero attached hydrogens (tertiary/aromatic N) is 4. The fourth-order valence-electron chi connectivity index (χ4n) is 8.73. The first-order valence-corrected chi connectivity index (χ1v) is 23.3. The monoisotopic (exact) mass is 935 g/mol. The number of ether oxygens (including phenoxy) is 3. The van der Waals surface area contributed by atoms with Crippen LogP contribution in [-0.4, -0.2) is 182 Å². The summed E-state index contributed by atoms with van der Waals surface area (Å²) in [5.74, 6) is -5.70. The number of aliphatic carboxylic acids is 2. The molecule has 66 heavy (non-hydrogen) atoms. The number of hydrogen-bond donors (Lipinski definition) is 4. The van der Waals surface area contributed by atoms with Crippen LogP contribution in [0.1, 0.15) is 93.6 Å². The van der Waals surface area contributed by atoms with E-state index in [1.165, 1.54) is 14.2 Å². The quantitative estimate of drug-likeness (QED) is 0.0885. The molecule has 2 rings (SSSR count). The molecule has 0 bridgehead atoms. The van der Waals surface area contributed by atoms with Crippen LogP contribution in [0.15, 0.2) is 30.3 Å². The zero-order chi connectivity index (χ0) is 50.4. The molecule has 0 aromatic heterocycles. The average Bonchev–Trinajstić information content (AvgIpc) is 3.74. The highest BCUT2D eigenvalue weighted by Gasteiger charge is 2.43. The van der Waals surface area contributed by atoms with Crippen LogP contribution in [0.4, 0.5) is 0 Å². The molecule has 0 saturated carbocycles. The van der Waals surface area contributed by atoms with Crippen LogP contribution in [0.25, 0.3) is 0 Å². The van der Waals surface area contributed by atoms with Crippen molar-refractivity contribution in [1.29, 1.82) is 0 Å². The Bertz CT molecular complexity index is 1660. The summed E-state index contributed by atoms with van der Waals surface area (Å²) in [6, 6.07) is 5.53. The van der Waals surface area contributed by atoms with Gasteiger partial charge in [-0.05, 0) is 50.3 Å². The van der Waals surface area contributed by atoms with Crippen molar-refractivity contribution in [3.63, 3.8) is 0 Å². The molecule has 9 atom stereocenters. The Morgan fingerprint density at radius 3 is 1.91 bits per heavy atom. The number of carbonyl (C=O) groups excluding carboxylic acids is 5. The van der Waals surface area contributed by atoms with Gasteiger partial charge in [-0.25, -0.2) is 4.79 Å². The Hall–Kier alpha value is -4.65. The van der Waals surface area contributed by atoms with Crippen LogP contribution in [0.2, 0.25) is 0 Å². The van der Waals surface area contributed by atoms with E-state index in [4.69, 9.17) is 14.2 Å². The third kappa shape index (κ3) is 18.2. The lowest BCUT2D eigenvalue weighted by Crippen LogP contribution is -2.59. The van der Waals surface area contributed by atoms with E-state index in [1.807, 2.05) is 80.5 Å². The summed E-state index contributed by atoms with van der Waals surface area (Å²) in [6.45, 7) is 16.1. The lowest BCUT2D eigenvalue weighted by atomic mass is 9.89. The van der Waals surface area contributed by atoms with Crippen molar-refractivity contribution in [3.8, 4) is 0 Å². The molecular weight excluding hydrogens is 853 g/mol. The number of esters is 1. The van der Waals surface area contributed by atoms with Gasteiger partial charge in [-0.2, -0.15) is 0 Å². The second kappa shape index (κ2) is 29.9. The third-order valence-electron chi connectivity index (χ3n) is 12.2. The minimum atomic E-state index is -1.24. The predicted molar refractivity (Wildman–Crippen MR) is 251 cm³/mol. The van der Waals surface area contributed by atoms with Crippen LogP contribution in [-0.2, 0) is 54.2 Å². The first-order valence-electron chi connectivity index (χ1n) is 23.3. The normalized spacial score (nSPS) is 17.4. The number of amides is 4. The molecular formula is C48H82N6O12. The predicted octanol–water partition coefficient (Wildman–Crippen LogP) is 3.40. The zero-order valence-electron chi connectivity index (χ0n) is 42.1. The highest BCUT2D eigenvalue weighted by Crippen LogP contribution is 2.30. The summed E-state index contributed by atoms with van der Waals surface area (Å²) in [6.07, 6.45) is 0.407. The van der Waals surface area contributed by atoms with E-state index in [0.29, 0.717) is 25.8 Å². The Kier molecular flexibility index (Phi) is 26.9. The topological polar surface area (TPSA) is 225 Å². The molecule has 1 fully saturated rings. The lowest BCUT2D eigenvalue weighted by molar-refractivity contribution is -0.150. The van der Waals surface area contributed by atoms with Gasteiger partial charge in [-0.15, -0.1) is 0 Å². The van der Waals surface area contributed by atoms with E-state index in [2.05, 4.69) is 10.6 Å². The first kappa shape index (κ1) is 59.4. The van der Waals surface area contributed by atoms with Gasteiger partial charge < -0.3 is 44.9 Å². The molecule has 0 radical (unpaired) electrons. The van der Waals surface area contributed by atoms with Gasteiger partial charge >= 0.3 is 17.9 Å². The van der Waals surface area contributed by atoms with Crippen molar-refractivity contribution in [2.75, 3.05) is 68.1 Å². The second-order valence-electron chi connectivity index (χ2n) is 17.9. The summed E-state index contributed by atoms with van der Waals surface area (Å²) < 4.78 is 17.4. The molecule has 376 valence electrons. The SMILES string of the molecule is CC.CCC(C)C(C(CC(=O)N1CCCC1C(OC)C(C)C(=O)NC(Cc1ccccc1)C(=O)OCCN(CC(=O)O)CC(=O)O)OC)N(C)C(=O)[C@@H](NC(=O)C(C(C)C)N(C)C)C(C)C. The molecule has 8 unspecified atom stereocenters. The summed E-state index contributed by atoms with van der Waals surface area (Å²) in [5.41, 5.74) is 0.732. The van der Waals surface area contributed by atoms with E-state index in [1.54, 1.807) is 48.0 Å². The standard InChI is InChI=1S/C46H76N6O12.C2H6/c1-13-30(6)41(50(10)45(60)39(28(2)3)48-44(59)40(29(4)5)49(8)9)35(62-11)25-36(53)52-21-17-20-34(52)42(63-12)31(7)43(58)47-33(24-32-18-15-14-16-19-32)46(61)64-23-22-51(26-37(54)55)27-38(56)57;1-2/h14-16,18-19,28-31,33-35,39-42H,13,17,20-27H2,1-12H3,(H,47,58)(H,48,59)(H,54,55)(H,56,57);1-2H3/t30?,31?,33?,34?,35?,39-,40?,41?,42?;/m0./s1. The maximum atomic E-state index is 14.4. The second-order valence-corrected chi connectivity index (χ2v) is 17.9. The number of rotatable bonds is 28. The smallest absolute Gasteiger partial charge is 0.329 e. The van der Waals surface area contributed by atoms with Crippen LogP contribution < -0.4 is 10.6 Å². The molecule has 4 amide bonds. The summed E-state index contributed by atoms with van der Waals surface area (Å²) in [5, 5.41) is 24.2. The fraction of sp³-hybridized carbons (Fsp3) is 0.729. The number of likely N-dealkylation sites (N-methyl/N-ethyl adjacent to an activating group) is 2. The zero-order valence-corrected chi connectivity index (χ0v) is 42.1. The number of nitrogens with one attached hydrogen (secondary N) is 2. The van der Waals surface area contributed by atoms with Crippen LogP contribution >= 0.6 is 0 Å². The summed E-state index contributed by atoms with van der Waals surface area (Å²) in [4.78, 5) is 98.4. The molecule has 1 saturated heterocycles. The van der Waals surface area contributed by atoms with Crippen molar-refractivity contribution < 1.29 is 58.0 Å². The van der Waals surface area contributed by atoms with E-state index >= 15 is 0 Å². The van der Waals surface area contributed by atoms with Crippen LogP contribution in [0.5, 0.6) is 0 Å². The molecule has 1 aliphatic rings. The van der Waals surface area contributed by atoms with Crippen molar-refractivity contribution in [3.05, 3.63) is 35.9 Å². The Morgan fingerprint density at radius 1 is 0.833 bits per heavy atom. The maximum absolute atomic E-state index is 14.4. The number of likely N-dealkylation sites (tertiary alicyclic amines) is 1. The van der Waals surface area contributed by atoms with E-state index < -0.39 is 85.2 Å². The van der Waals surface area contributed by atoms with E-state index in [9.17, 15) is 43.8 Å². The van der Waals surface area contributed by atoms with E-state index in [-0.39, 0.29) is 61.5 Å². The minimum absolute atomic E-state index is 0.00740. The molecule has 0 spiro atoms. The van der Waals surface area contributed by atoms with Gasteiger partial charge in [0, 0.05) is 40.8 Å². The number of carboxylic acids is 2. The highest BCUT2D eigenvalue weighted by atomic mass is 16.5. The van der Waals surface area contributed by atoms with Gasteiger partial charge in [0.1, 0.15) is 18.7 Å². The number of benzene rings is 1. The average molecular weight is 935 g/mol. The molecule has 0 aliphatic carbocycles. The Balaban J connectivity index is 0.0000107. The summed E-state index contributed by atoms with van der Waals surface area (Å²) >= 11 is 0. The molecule has 18 nitrogen and oxygen atoms in total. The molecule has 1 aromatic rings. The number of carboxylic acid groups (broad SMARTS) is 2. The molecule has 18 heteroatoms. The molecule has 4 N–H and O–H groups in total. The van der Waals surface area contributed by atoms with Gasteiger partial charge in [-0.1, -0.05) is 99.1 Å². The molecule has 1 aromatic carbocycles. The number of methoxy groups -OCH3 is 2. The largest absolute Gasteiger partial charge is 0.480 e. The molecule has 1 heterocycles. The summed E-state index contributed by atoms with van der Waals surface area (Å²) in [7, 11) is 8.34. The van der Waals surface area contributed by atoms with Crippen molar-refractivity contribution in [1.82, 2.24) is 30.2 Å². The lowest BCUT2D eigenvalue weighted by Gasteiger charge is -2.41. The fourth-order valence-corrected chi connectivity index (χ4v) is 8.73. The minimum Gasteiger partial charge on any atom is -0.480 e. The number of hydrogen-bond acceptors (Lipinski definition) is 12. The van der Waals surface area contributed by atoms with Gasteiger partial charge in [0.25, 0.3) is 0 Å².